The molecule has 12 aromatic rings. The van der Waals surface area contributed by atoms with Gasteiger partial charge in [0.25, 0.3) is 0 Å². The molecule has 6 heterocycles. The highest BCUT2D eigenvalue weighted by Crippen LogP contribution is 2.52. The molecular weight excluding hydrogens is 807 g/mol. The number of fused-ring (bicyclic) bond motifs is 18. The minimum absolute atomic E-state index is 0.00955. The SMILES string of the molecule is CC(C)(C)c1ccc(N2B3c4cc5oc6ccccc6c5cc4-n4c5cc6oc7ccccc7c6cc5c5ccc(c3c54)-c3cc4c(cc32)oc2cc3c(cc24)C(C)(C)CCC3(C)C)cc1. The minimum Gasteiger partial charge on any atom is -0.456 e. The van der Waals surface area contributed by atoms with E-state index in [4.69, 9.17) is 13.3 Å². The summed E-state index contributed by atoms with van der Waals surface area (Å²) in [7, 11) is 0. The van der Waals surface area contributed by atoms with Crippen LogP contribution in [-0.4, -0.2) is 11.4 Å². The van der Waals surface area contributed by atoms with Crippen molar-refractivity contribution in [2.75, 3.05) is 4.81 Å². The highest BCUT2D eigenvalue weighted by Gasteiger charge is 2.45. The predicted octanol–water partition coefficient (Wildman–Crippen LogP) is 15.4. The average molecular weight is 855 g/mol. The van der Waals surface area contributed by atoms with E-state index in [1.54, 1.807) is 0 Å². The van der Waals surface area contributed by atoms with Crippen molar-refractivity contribution in [2.45, 2.75) is 77.6 Å². The summed E-state index contributed by atoms with van der Waals surface area (Å²) in [5.41, 5.74) is 20.5. The maximum atomic E-state index is 7.04. The van der Waals surface area contributed by atoms with E-state index in [0.29, 0.717) is 0 Å². The van der Waals surface area contributed by atoms with E-state index in [2.05, 4.69) is 191 Å². The first-order valence-corrected chi connectivity index (χ1v) is 23.6. The zero-order valence-electron chi connectivity index (χ0n) is 38.3. The Morgan fingerprint density at radius 1 is 0.485 bits per heavy atom. The van der Waals surface area contributed by atoms with Crippen molar-refractivity contribution in [2.24, 2.45) is 0 Å². The van der Waals surface area contributed by atoms with Crippen molar-refractivity contribution in [3.63, 3.8) is 0 Å². The smallest absolute Gasteiger partial charge is 0.333 e. The van der Waals surface area contributed by atoms with E-state index < -0.39 is 0 Å². The normalized spacial score (nSPS) is 16.2. The van der Waals surface area contributed by atoms with Gasteiger partial charge in [0.15, 0.2) is 0 Å². The van der Waals surface area contributed by atoms with E-state index in [9.17, 15) is 0 Å². The molecule has 5 nitrogen and oxygen atoms in total. The van der Waals surface area contributed by atoms with Gasteiger partial charge in [0, 0.05) is 77.8 Å². The molecule has 8 aromatic carbocycles. The van der Waals surface area contributed by atoms with Crippen molar-refractivity contribution in [1.29, 1.82) is 0 Å². The van der Waals surface area contributed by atoms with Crippen LogP contribution in [0.2, 0.25) is 0 Å². The monoisotopic (exact) mass is 854 g/mol. The van der Waals surface area contributed by atoms with Crippen LogP contribution < -0.4 is 15.7 Å². The second-order valence-electron chi connectivity index (χ2n) is 21.9. The fourth-order valence-electron chi connectivity index (χ4n) is 12.6. The molecule has 0 bridgehead atoms. The lowest BCUT2D eigenvalue weighted by atomic mass is 9.44. The van der Waals surface area contributed by atoms with Crippen LogP contribution in [0.3, 0.4) is 0 Å². The minimum atomic E-state index is -0.180. The Labute approximate surface area is 382 Å². The lowest BCUT2D eigenvalue weighted by Gasteiger charge is -2.42. The van der Waals surface area contributed by atoms with Crippen LogP contribution in [0, 0.1) is 0 Å². The van der Waals surface area contributed by atoms with E-state index in [-0.39, 0.29) is 23.1 Å². The van der Waals surface area contributed by atoms with Crippen LogP contribution in [0.5, 0.6) is 0 Å². The van der Waals surface area contributed by atoms with E-state index >= 15 is 0 Å². The Balaban J connectivity index is 1.09. The lowest BCUT2D eigenvalue weighted by Crippen LogP contribution is -2.60. The van der Waals surface area contributed by atoms with Crippen LogP contribution in [0.15, 0.2) is 147 Å². The number of aromatic nitrogens is 1. The maximum absolute atomic E-state index is 7.04. The van der Waals surface area contributed by atoms with Gasteiger partial charge in [-0.15, -0.1) is 0 Å². The van der Waals surface area contributed by atoms with Gasteiger partial charge < -0.3 is 22.6 Å². The van der Waals surface area contributed by atoms with Crippen LogP contribution >= 0.6 is 0 Å². The molecule has 0 saturated heterocycles. The second kappa shape index (κ2) is 12.0. The van der Waals surface area contributed by atoms with Crippen LogP contribution in [0.4, 0.5) is 11.4 Å². The molecule has 6 heteroatoms. The number of hydrogen-bond donors (Lipinski definition) is 0. The topological polar surface area (TPSA) is 47.6 Å². The van der Waals surface area contributed by atoms with Gasteiger partial charge in [0.1, 0.15) is 33.5 Å². The summed E-state index contributed by atoms with van der Waals surface area (Å²) in [6.07, 6.45) is 2.32. The molecule has 0 spiro atoms. The average Bonchev–Trinajstić information content (AvgIpc) is 4.05. The molecule has 0 amide bonds. The summed E-state index contributed by atoms with van der Waals surface area (Å²) in [5, 5.41) is 9.30. The zero-order valence-corrected chi connectivity index (χ0v) is 38.3. The van der Waals surface area contributed by atoms with Gasteiger partial charge in [0.05, 0.1) is 11.0 Å². The van der Waals surface area contributed by atoms with Gasteiger partial charge in [-0.05, 0) is 123 Å². The third-order valence-electron chi connectivity index (χ3n) is 16.2. The van der Waals surface area contributed by atoms with Crippen LogP contribution in [-0.2, 0) is 16.2 Å². The van der Waals surface area contributed by atoms with Crippen molar-refractivity contribution in [3.05, 3.63) is 150 Å². The Kier molecular flexibility index (Phi) is 6.73. The number of nitrogens with zero attached hydrogens (tertiary/aromatic N) is 2. The first-order chi connectivity index (χ1) is 31.8. The summed E-state index contributed by atoms with van der Waals surface area (Å²) < 4.78 is 22.9. The van der Waals surface area contributed by atoms with E-state index in [0.717, 1.165) is 95.8 Å². The Bertz CT molecular complexity index is 4170. The van der Waals surface area contributed by atoms with E-state index in [1.807, 2.05) is 0 Å². The molecule has 0 radical (unpaired) electrons. The fraction of sp³-hybridized carbons (Fsp3) is 0.200. The number of rotatable bonds is 1. The molecule has 66 heavy (non-hydrogen) atoms. The zero-order chi connectivity index (χ0) is 44.3. The first-order valence-electron chi connectivity index (χ1n) is 23.6. The molecule has 0 saturated carbocycles. The molecule has 15 rings (SSSR count). The molecule has 0 N–H and O–H groups in total. The number of furan rings is 3. The summed E-state index contributed by atoms with van der Waals surface area (Å²) in [6, 6.07) is 49.9. The second-order valence-corrected chi connectivity index (χ2v) is 21.9. The quantitative estimate of drug-likeness (QED) is 0.154. The third kappa shape index (κ3) is 4.67. The summed E-state index contributed by atoms with van der Waals surface area (Å²) in [6.45, 7) is 16.3. The molecule has 0 atom stereocenters. The Morgan fingerprint density at radius 2 is 1.08 bits per heavy atom. The third-order valence-corrected chi connectivity index (χ3v) is 16.2. The fourth-order valence-corrected chi connectivity index (χ4v) is 12.6. The van der Waals surface area contributed by atoms with Crippen molar-refractivity contribution < 1.29 is 13.3 Å². The Morgan fingerprint density at radius 3 is 1.79 bits per heavy atom. The number of benzene rings is 8. The van der Waals surface area contributed by atoms with Crippen LogP contribution in [0.25, 0.3) is 104 Å². The molecule has 0 unspecified atom stereocenters. The maximum Gasteiger partial charge on any atom is 0.333 e. The molecule has 1 aliphatic carbocycles. The number of anilines is 2. The molecule has 0 fully saturated rings. The lowest BCUT2D eigenvalue weighted by molar-refractivity contribution is 0.332. The van der Waals surface area contributed by atoms with Gasteiger partial charge in [-0.1, -0.05) is 109 Å². The predicted molar refractivity (Wildman–Crippen MR) is 276 cm³/mol. The van der Waals surface area contributed by atoms with Crippen molar-refractivity contribution in [1.82, 2.24) is 4.57 Å². The number of hydrogen-bond acceptors (Lipinski definition) is 4. The highest BCUT2D eigenvalue weighted by atomic mass is 16.3. The summed E-state index contributed by atoms with van der Waals surface area (Å²) in [4.78, 5) is 2.60. The summed E-state index contributed by atoms with van der Waals surface area (Å²) in [5.74, 6) is 0. The van der Waals surface area contributed by atoms with Crippen LogP contribution in [0.1, 0.15) is 78.0 Å². The van der Waals surface area contributed by atoms with Crippen molar-refractivity contribution >= 4 is 117 Å². The van der Waals surface area contributed by atoms with Gasteiger partial charge in [0.2, 0.25) is 0 Å². The number of para-hydroxylation sites is 2. The van der Waals surface area contributed by atoms with Gasteiger partial charge in [-0.25, -0.2) is 0 Å². The van der Waals surface area contributed by atoms with Gasteiger partial charge in [-0.3, -0.25) is 0 Å². The van der Waals surface area contributed by atoms with E-state index in [1.165, 1.54) is 60.4 Å². The Hall–Kier alpha value is -7.18. The molecule has 2 aliphatic heterocycles. The molecule has 4 aromatic heterocycles. The molecule has 3 aliphatic rings. The highest BCUT2D eigenvalue weighted by molar-refractivity contribution is 6.94. The largest absolute Gasteiger partial charge is 0.456 e. The van der Waals surface area contributed by atoms with Gasteiger partial charge >= 0.3 is 6.85 Å². The molecule has 318 valence electrons. The van der Waals surface area contributed by atoms with Crippen molar-refractivity contribution in [3.8, 4) is 16.8 Å². The first kappa shape index (κ1) is 37.1. The van der Waals surface area contributed by atoms with Gasteiger partial charge in [-0.2, -0.15) is 0 Å². The standard InChI is InChI=1S/C60H47BN2O3/c1-58(2,3)32-16-18-33(19-17-32)63-48-31-55-41(42-26-44-45(28-52(42)66-55)60(6,7)23-22-59(44,4)5)24-38(48)36-20-21-37-39-25-40-34-12-8-10-14-50(34)65-54(40)30-47(39)62-49-27-43-35-13-9-11-15-51(35)64-53(43)29-46(49)61(63)56(36)57(37)62/h8-21,24-31H,22-23H2,1-7H3. The molecular formula is C60H47BN2O3. The summed E-state index contributed by atoms with van der Waals surface area (Å²) >= 11 is 0.